The maximum atomic E-state index is 13.3. The Morgan fingerprint density at radius 2 is 1.68 bits per heavy atom. The highest BCUT2D eigenvalue weighted by molar-refractivity contribution is 7.80. The fourth-order valence-corrected chi connectivity index (χ4v) is 4.94. The number of thiocarbonyl (C=S) groups is 1. The molecule has 0 atom stereocenters. The van der Waals surface area contributed by atoms with Gasteiger partial charge in [-0.05, 0) is 71.7 Å². The maximum absolute atomic E-state index is 13.3. The van der Waals surface area contributed by atoms with Crippen LogP contribution in [0.25, 0.3) is 6.08 Å². The zero-order valence-electron chi connectivity index (χ0n) is 17.9. The second-order valence-corrected chi connectivity index (χ2v) is 9.26. The largest absolute Gasteiger partial charge is 0.367 e. The van der Waals surface area contributed by atoms with Crippen LogP contribution in [0.15, 0.2) is 72.3 Å². The van der Waals surface area contributed by atoms with E-state index in [0.29, 0.717) is 10.7 Å². The number of nitrogens with zero attached hydrogens (tertiary/aromatic N) is 2. The highest BCUT2D eigenvalue weighted by atomic mass is 35.5. The molecule has 2 amide bonds. The number of nitrogens with one attached hydrogen (secondary N) is 1. The topological polar surface area (TPSA) is 52.7 Å². The molecule has 0 bridgehead atoms. The smallest absolute Gasteiger partial charge is 0.270 e. The van der Waals surface area contributed by atoms with Gasteiger partial charge in [0.2, 0.25) is 0 Å². The molecule has 0 aliphatic carbocycles. The lowest BCUT2D eigenvalue weighted by atomic mass is 10.0. The van der Waals surface area contributed by atoms with Crippen molar-refractivity contribution >= 4 is 69.8 Å². The standard InChI is InChI=1S/C26H19Cl2N3O2S/c27-20-6-2-1-5-18(20)15-30-12-11-17-13-16(9-10-22(17)30)14-19-24(32)29-26(34)31(25(19)33)23-8-4-3-7-21(23)28/h1-10,13-14H,11-12,15H2,(H,29,32,34). The van der Waals surface area contributed by atoms with Gasteiger partial charge < -0.3 is 4.90 Å². The SMILES string of the molecule is O=C1NC(=S)N(c2ccccc2Cl)C(=O)C1=Cc1ccc2c(c1)CCN2Cc1ccccc1Cl. The van der Waals surface area contributed by atoms with Crippen molar-refractivity contribution in [3.05, 3.63) is 99.0 Å². The predicted molar refractivity (Wildman–Crippen MR) is 140 cm³/mol. The lowest BCUT2D eigenvalue weighted by molar-refractivity contribution is -0.122. The molecule has 34 heavy (non-hydrogen) atoms. The quantitative estimate of drug-likeness (QED) is 0.292. The molecule has 0 saturated carbocycles. The van der Waals surface area contributed by atoms with Gasteiger partial charge in [-0.15, -0.1) is 0 Å². The van der Waals surface area contributed by atoms with Crippen LogP contribution in [0.2, 0.25) is 10.0 Å². The fraction of sp³-hybridized carbons (Fsp3) is 0.115. The number of fused-ring (bicyclic) bond motifs is 1. The van der Waals surface area contributed by atoms with Gasteiger partial charge in [0, 0.05) is 23.8 Å². The number of anilines is 2. The second kappa shape index (κ2) is 9.22. The number of hydrogen-bond acceptors (Lipinski definition) is 4. The number of para-hydroxylation sites is 1. The van der Waals surface area contributed by atoms with Crippen molar-refractivity contribution in [3.63, 3.8) is 0 Å². The van der Waals surface area contributed by atoms with Crippen molar-refractivity contribution < 1.29 is 9.59 Å². The minimum atomic E-state index is -0.529. The first kappa shape index (κ1) is 22.6. The van der Waals surface area contributed by atoms with Crippen LogP contribution in [0.4, 0.5) is 11.4 Å². The van der Waals surface area contributed by atoms with Gasteiger partial charge in [0.15, 0.2) is 5.11 Å². The Bertz CT molecular complexity index is 1370. The second-order valence-electron chi connectivity index (χ2n) is 8.06. The first-order valence-corrected chi connectivity index (χ1v) is 11.9. The lowest BCUT2D eigenvalue weighted by Gasteiger charge is -2.29. The summed E-state index contributed by atoms with van der Waals surface area (Å²) in [7, 11) is 0. The van der Waals surface area contributed by atoms with Crippen molar-refractivity contribution in [2.45, 2.75) is 13.0 Å². The molecule has 0 aromatic heterocycles. The minimum absolute atomic E-state index is 0.000565. The van der Waals surface area contributed by atoms with Gasteiger partial charge in [-0.25, -0.2) is 0 Å². The van der Waals surface area contributed by atoms with Crippen LogP contribution < -0.4 is 15.1 Å². The summed E-state index contributed by atoms with van der Waals surface area (Å²) in [4.78, 5) is 29.4. The van der Waals surface area contributed by atoms with Gasteiger partial charge in [0.25, 0.3) is 11.8 Å². The molecule has 3 aromatic rings. The summed E-state index contributed by atoms with van der Waals surface area (Å²) < 4.78 is 0. The molecular formula is C26H19Cl2N3O2S. The number of amides is 2. The number of carbonyl (C=O) groups is 2. The van der Waals surface area contributed by atoms with Gasteiger partial charge in [-0.2, -0.15) is 0 Å². The molecule has 5 nitrogen and oxygen atoms in total. The molecular weight excluding hydrogens is 489 g/mol. The molecule has 2 aliphatic rings. The van der Waals surface area contributed by atoms with E-state index in [2.05, 4.69) is 10.2 Å². The van der Waals surface area contributed by atoms with Crippen molar-refractivity contribution in [2.24, 2.45) is 0 Å². The van der Waals surface area contributed by atoms with Gasteiger partial charge in [0.05, 0.1) is 10.7 Å². The van der Waals surface area contributed by atoms with E-state index in [1.807, 2.05) is 42.5 Å². The summed E-state index contributed by atoms with van der Waals surface area (Å²) in [6.07, 6.45) is 2.47. The first-order chi connectivity index (χ1) is 16.4. The minimum Gasteiger partial charge on any atom is -0.367 e. The van der Waals surface area contributed by atoms with E-state index < -0.39 is 11.8 Å². The third-order valence-corrected chi connectivity index (χ3v) is 6.89. The van der Waals surface area contributed by atoms with Crippen LogP contribution in [0, 0.1) is 0 Å². The molecule has 0 radical (unpaired) electrons. The molecule has 1 fully saturated rings. The van der Waals surface area contributed by atoms with Crippen LogP contribution >= 0.6 is 35.4 Å². The third kappa shape index (κ3) is 4.20. The monoisotopic (exact) mass is 507 g/mol. The molecule has 2 heterocycles. The summed E-state index contributed by atoms with van der Waals surface area (Å²) in [6, 6.07) is 20.6. The molecule has 8 heteroatoms. The summed E-state index contributed by atoms with van der Waals surface area (Å²) in [5.74, 6) is -1.04. The van der Waals surface area contributed by atoms with E-state index in [4.69, 9.17) is 35.4 Å². The zero-order valence-corrected chi connectivity index (χ0v) is 20.3. The Balaban J connectivity index is 1.43. The van der Waals surface area contributed by atoms with Gasteiger partial charge in [-0.1, -0.05) is 59.6 Å². The average Bonchev–Trinajstić information content (AvgIpc) is 3.21. The molecule has 2 aliphatic heterocycles. The van der Waals surface area contributed by atoms with E-state index in [1.165, 1.54) is 4.90 Å². The molecule has 3 aromatic carbocycles. The Morgan fingerprint density at radius 1 is 0.941 bits per heavy atom. The van der Waals surface area contributed by atoms with E-state index in [1.54, 1.807) is 30.3 Å². The third-order valence-electron chi connectivity index (χ3n) is 5.92. The Kier molecular flexibility index (Phi) is 6.13. The normalized spacial score (nSPS) is 16.8. The average molecular weight is 508 g/mol. The fourth-order valence-electron chi connectivity index (χ4n) is 4.25. The van der Waals surface area contributed by atoms with Gasteiger partial charge in [-0.3, -0.25) is 19.8 Å². The van der Waals surface area contributed by atoms with E-state index in [0.717, 1.165) is 46.9 Å². The summed E-state index contributed by atoms with van der Waals surface area (Å²) in [5, 5.41) is 3.72. The van der Waals surface area contributed by atoms with Crippen LogP contribution in [0.1, 0.15) is 16.7 Å². The van der Waals surface area contributed by atoms with Gasteiger partial charge >= 0.3 is 0 Å². The molecule has 1 saturated heterocycles. The number of benzene rings is 3. The Morgan fingerprint density at radius 3 is 2.44 bits per heavy atom. The molecule has 5 rings (SSSR count). The van der Waals surface area contributed by atoms with E-state index in [9.17, 15) is 9.59 Å². The number of carbonyl (C=O) groups excluding carboxylic acids is 2. The number of rotatable bonds is 4. The number of hydrogen-bond donors (Lipinski definition) is 1. The number of halogens is 2. The molecule has 170 valence electrons. The zero-order chi connectivity index (χ0) is 23.8. The lowest BCUT2D eigenvalue weighted by Crippen LogP contribution is -2.54. The van der Waals surface area contributed by atoms with Crippen molar-refractivity contribution in [2.75, 3.05) is 16.3 Å². The summed E-state index contributed by atoms with van der Waals surface area (Å²) >= 11 is 17.9. The molecule has 0 spiro atoms. The van der Waals surface area contributed by atoms with Crippen molar-refractivity contribution in [1.29, 1.82) is 0 Å². The van der Waals surface area contributed by atoms with Crippen LogP contribution in [0.3, 0.4) is 0 Å². The molecule has 0 unspecified atom stereocenters. The highest BCUT2D eigenvalue weighted by Gasteiger charge is 2.35. The van der Waals surface area contributed by atoms with Gasteiger partial charge in [0.1, 0.15) is 5.57 Å². The highest BCUT2D eigenvalue weighted by Crippen LogP contribution is 2.33. The summed E-state index contributed by atoms with van der Waals surface area (Å²) in [5.41, 5.74) is 4.55. The maximum Gasteiger partial charge on any atom is 0.270 e. The predicted octanol–water partition coefficient (Wildman–Crippen LogP) is 5.39. The summed E-state index contributed by atoms with van der Waals surface area (Å²) in [6.45, 7) is 1.59. The van der Waals surface area contributed by atoms with Crippen LogP contribution in [0.5, 0.6) is 0 Å². The molecule has 1 N–H and O–H groups in total. The van der Waals surface area contributed by atoms with Crippen molar-refractivity contribution in [1.82, 2.24) is 5.32 Å². The Hall–Kier alpha value is -3.19. The van der Waals surface area contributed by atoms with E-state index >= 15 is 0 Å². The van der Waals surface area contributed by atoms with Crippen LogP contribution in [-0.4, -0.2) is 23.5 Å². The van der Waals surface area contributed by atoms with Crippen LogP contribution in [-0.2, 0) is 22.6 Å². The Labute approximate surface area is 212 Å². The van der Waals surface area contributed by atoms with E-state index in [-0.39, 0.29) is 10.7 Å². The van der Waals surface area contributed by atoms with Crippen molar-refractivity contribution in [3.8, 4) is 0 Å². The first-order valence-electron chi connectivity index (χ1n) is 10.7.